The smallest absolute Gasteiger partial charge is 0.233 e. The third kappa shape index (κ3) is 5.51. The zero-order valence-corrected chi connectivity index (χ0v) is 20.4. The van der Waals surface area contributed by atoms with Crippen molar-refractivity contribution in [1.29, 1.82) is 0 Å². The lowest BCUT2D eigenvalue weighted by molar-refractivity contribution is -0.129. The molecule has 1 aliphatic heterocycles. The minimum absolute atomic E-state index is 0.0233. The Hall–Kier alpha value is -2.98. The Morgan fingerprint density at radius 2 is 1.85 bits per heavy atom. The van der Waals surface area contributed by atoms with E-state index < -0.39 is 0 Å². The fraction of sp³-hybridized carbons (Fsp3) is 0.348. The lowest BCUT2D eigenvalue weighted by Crippen LogP contribution is -2.32. The molecule has 10 heteroatoms. The summed E-state index contributed by atoms with van der Waals surface area (Å²) >= 11 is 2.83. The molecule has 0 aliphatic carbocycles. The van der Waals surface area contributed by atoms with Gasteiger partial charge in [-0.05, 0) is 55.3 Å². The van der Waals surface area contributed by atoms with Crippen LogP contribution in [0.1, 0.15) is 24.4 Å². The average molecular weight is 487 g/mol. The number of hydrogen-bond acceptors (Lipinski definition) is 9. The second-order valence-electron chi connectivity index (χ2n) is 7.37. The SMILES string of the molecule is COc1ccc(Nc2nnc(SCC(=O)N3CCCC3c3cc(OC)ccc3OC)s2)cc1. The highest BCUT2D eigenvalue weighted by Gasteiger charge is 2.32. The van der Waals surface area contributed by atoms with Crippen LogP contribution in [0.2, 0.25) is 0 Å². The fourth-order valence-electron chi connectivity index (χ4n) is 3.81. The van der Waals surface area contributed by atoms with Gasteiger partial charge in [-0.25, -0.2) is 0 Å². The number of rotatable bonds is 9. The van der Waals surface area contributed by atoms with Crippen LogP contribution in [0, 0.1) is 0 Å². The van der Waals surface area contributed by atoms with E-state index in [0.29, 0.717) is 10.9 Å². The number of amides is 1. The molecule has 1 unspecified atom stereocenters. The first-order chi connectivity index (χ1) is 16.1. The van der Waals surface area contributed by atoms with Gasteiger partial charge in [-0.3, -0.25) is 4.79 Å². The summed E-state index contributed by atoms with van der Waals surface area (Å²) in [6, 6.07) is 13.3. The van der Waals surface area contributed by atoms with Gasteiger partial charge in [-0.1, -0.05) is 23.1 Å². The predicted molar refractivity (Wildman–Crippen MR) is 130 cm³/mol. The predicted octanol–water partition coefficient (Wildman–Crippen LogP) is 4.76. The second kappa shape index (κ2) is 10.8. The molecule has 33 heavy (non-hydrogen) atoms. The highest BCUT2D eigenvalue weighted by molar-refractivity contribution is 8.01. The Morgan fingerprint density at radius 3 is 2.58 bits per heavy atom. The van der Waals surface area contributed by atoms with E-state index in [1.165, 1.54) is 23.1 Å². The summed E-state index contributed by atoms with van der Waals surface area (Å²) < 4.78 is 16.9. The number of hydrogen-bond donors (Lipinski definition) is 1. The van der Waals surface area contributed by atoms with Gasteiger partial charge >= 0.3 is 0 Å². The van der Waals surface area contributed by atoms with Gasteiger partial charge in [0, 0.05) is 17.8 Å². The van der Waals surface area contributed by atoms with Gasteiger partial charge in [0.1, 0.15) is 17.2 Å². The molecule has 1 atom stereocenters. The van der Waals surface area contributed by atoms with E-state index in [1.807, 2.05) is 47.4 Å². The van der Waals surface area contributed by atoms with E-state index in [4.69, 9.17) is 14.2 Å². The molecule has 0 radical (unpaired) electrons. The first-order valence-corrected chi connectivity index (χ1v) is 12.3. The number of thioether (sulfide) groups is 1. The second-order valence-corrected chi connectivity index (χ2v) is 9.57. The zero-order valence-electron chi connectivity index (χ0n) is 18.7. The van der Waals surface area contributed by atoms with Gasteiger partial charge < -0.3 is 24.4 Å². The quantitative estimate of drug-likeness (QED) is 0.433. The average Bonchev–Trinajstić information content (AvgIpc) is 3.52. The number of likely N-dealkylation sites (tertiary alicyclic amines) is 1. The first kappa shape index (κ1) is 23.2. The lowest BCUT2D eigenvalue weighted by atomic mass is 10.0. The van der Waals surface area contributed by atoms with Crippen LogP contribution in [0.3, 0.4) is 0 Å². The summed E-state index contributed by atoms with van der Waals surface area (Å²) in [5.74, 6) is 2.70. The Kier molecular flexibility index (Phi) is 7.56. The number of anilines is 2. The number of benzene rings is 2. The number of carbonyl (C=O) groups is 1. The van der Waals surface area contributed by atoms with Gasteiger partial charge in [0.05, 0.1) is 33.1 Å². The summed E-state index contributed by atoms with van der Waals surface area (Å²) in [6.45, 7) is 0.727. The molecule has 1 saturated heterocycles. The maximum absolute atomic E-state index is 13.1. The number of nitrogens with one attached hydrogen (secondary N) is 1. The molecule has 174 valence electrons. The van der Waals surface area contributed by atoms with Crippen molar-refractivity contribution in [1.82, 2.24) is 15.1 Å². The topological polar surface area (TPSA) is 85.8 Å². The Balaban J connectivity index is 1.37. The van der Waals surface area contributed by atoms with Gasteiger partial charge in [-0.15, -0.1) is 10.2 Å². The fourth-order valence-corrected chi connectivity index (χ4v) is 5.47. The summed E-state index contributed by atoms with van der Waals surface area (Å²) in [5.41, 5.74) is 1.88. The van der Waals surface area contributed by atoms with Crippen LogP contribution in [-0.4, -0.2) is 54.6 Å². The highest BCUT2D eigenvalue weighted by atomic mass is 32.2. The molecular weight excluding hydrogens is 460 g/mol. The molecule has 2 aromatic carbocycles. The van der Waals surface area contributed by atoms with Gasteiger partial charge in [-0.2, -0.15) is 0 Å². The van der Waals surface area contributed by atoms with Crippen LogP contribution in [0.15, 0.2) is 46.8 Å². The van der Waals surface area contributed by atoms with E-state index in [0.717, 1.165) is 52.2 Å². The molecule has 1 N–H and O–H groups in total. The van der Waals surface area contributed by atoms with Crippen molar-refractivity contribution in [3.8, 4) is 17.2 Å². The molecule has 0 saturated carbocycles. The van der Waals surface area contributed by atoms with Crippen LogP contribution < -0.4 is 19.5 Å². The first-order valence-electron chi connectivity index (χ1n) is 10.5. The van der Waals surface area contributed by atoms with E-state index in [-0.39, 0.29) is 11.9 Å². The largest absolute Gasteiger partial charge is 0.497 e. The van der Waals surface area contributed by atoms with Crippen molar-refractivity contribution in [3.05, 3.63) is 48.0 Å². The van der Waals surface area contributed by atoms with Crippen LogP contribution in [0.5, 0.6) is 17.2 Å². The standard InChI is InChI=1S/C23H26N4O4S2/c1-29-16-8-6-15(7-9-16)24-22-25-26-23(33-22)32-14-21(28)27-12-4-5-19(27)18-13-17(30-2)10-11-20(18)31-3/h6-11,13,19H,4-5,12,14H2,1-3H3,(H,24,25). The van der Waals surface area contributed by atoms with Crippen molar-refractivity contribution < 1.29 is 19.0 Å². The van der Waals surface area contributed by atoms with Crippen LogP contribution in [0.4, 0.5) is 10.8 Å². The summed E-state index contributed by atoms with van der Waals surface area (Å²) in [7, 11) is 4.92. The van der Waals surface area contributed by atoms with Crippen LogP contribution in [0.25, 0.3) is 0 Å². The molecule has 4 rings (SSSR count). The third-order valence-electron chi connectivity index (χ3n) is 5.44. The van der Waals surface area contributed by atoms with Crippen LogP contribution >= 0.6 is 23.1 Å². The zero-order chi connectivity index (χ0) is 23.2. The van der Waals surface area contributed by atoms with Crippen molar-refractivity contribution in [2.24, 2.45) is 0 Å². The number of nitrogens with zero attached hydrogens (tertiary/aromatic N) is 3. The van der Waals surface area contributed by atoms with E-state index in [9.17, 15) is 4.79 Å². The van der Waals surface area contributed by atoms with Crippen molar-refractivity contribution in [2.45, 2.75) is 23.2 Å². The molecule has 2 heterocycles. The van der Waals surface area contributed by atoms with Crippen molar-refractivity contribution >= 4 is 39.8 Å². The molecule has 1 amide bonds. The number of methoxy groups -OCH3 is 3. The lowest BCUT2D eigenvalue weighted by Gasteiger charge is -2.26. The molecular formula is C23H26N4O4S2. The Labute approximate surface area is 201 Å². The molecule has 0 spiro atoms. The maximum Gasteiger partial charge on any atom is 0.233 e. The summed E-state index contributed by atoms with van der Waals surface area (Å²) in [6.07, 6.45) is 1.85. The minimum Gasteiger partial charge on any atom is -0.497 e. The normalized spacial score (nSPS) is 15.4. The van der Waals surface area contributed by atoms with Crippen molar-refractivity contribution in [2.75, 3.05) is 38.9 Å². The summed E-state index contributed by atoms with van der Waals surface area (Å²) in [4.78, 5) is 15.0. The van der Waals surface area contributed by atoms with Gasteiger partial charge in [0.15, 0.2) is 4.34 Å². The number of ether oxygens (including phenoxy) is 3. The Bertz CT molecular complexity index is 1090. The Morgan fingerprint density at radius 1 is 1.09 bits per heavy atom. The minimum atomic E-state index is -0.0233. The van der Waals surface area contributed by atoms with E-state index in [1.54, 1.807) is 21.3 Å². The van der Waals surface area contributed by atoms with E-state index in [2.05, 4.69) is 15.5 Å². The molecule has 1 fully saturated rings. The van der Waals surface area contributed by atoms with Gasteiger partial charge in [0.25, 0.3) is 0 Å². The van der Waals surface area contributed by atoms with Gasteiger partial charge in [0.2, 0.25) is 11.0 Å². The molecule has 1 aliphatic rings. The molecule has 0 bridgehead atoms. The summed E-state index contributed by atoms with van der Waals surface area (Å²) in [5, 5.41) is 12.3. The van der Waals surface area contributed by atoms with Crippen molar-refractivity contribution in [3.63, 3.8) is 0 Å². The molecule has 3 aromatic rings. The maximum atomic E-state index is 13.1. The van der Waals surface area contributed by atoms with Crippen LogP contribution in [-0.2, 0) is 4.79 Å². The number of aromatic nitrogens is 2. The highest BCUT2D eigenvalue weighted by Crippen LogP contribution is 2.39. The monoisotopic (exact) mass is 486 g/mol. The molecule has 8 nitrogen and oxygen atoms in total. The number of carbonyl (C=O) groups excluding carboxylic acids is 1. The third-order valence-corrected chi connectivity index (χ3v) is 7.39. The molecule has 1 aromatic heterocycles. The van der Waals surface area contributed by atoms with E-state index >= 15 is 0 Å².